The van der Waals surface area contributed by atoms with Gasteiger partial charge in [-0.1, -0.05) is 48.0 Å². The maximum atomic E-state index is 13.5. The topological polar surface area (TPSA) is 167 Å². The Kier molecular flexibility index (Phi) is 11.2. The molecule has 0 saturated carbocycles. The van der Waals surface area contributed by atoms with E-state index < -0.39 is 40.7 Å². The summed E-state index contributed by atoms with van der Waals surface area (Å²) in [6.07, 6.45) is -5.92. The molecule has 1 heterocycles. The number of alkyl halides is 3. The average molecular weight is 691 g/mol. The first-order valence-electron chi connectivity index (χ1n) is 14.0. The van der Waals surface area contributed by atoms with E-state index in [1.165, 1.54) is 31.3 Å². The second-order valence-corrected chi connectivity index (χ2v) is 11.7. The Bertz CT molecular complexity index is 1850. The highest BCUT2D eigenvalue weighted by Crippen LogP contribution is 2.33. The molecule has 254 valence electrons. The summed E-state index contributed by atoms with van der Waals surface area (Å²) in [7, 11) is -3.07. The third-order valence-corrected chi connectivity index (χ3v) is 7.82. The van der Waals surface area contributed by atoms with Crippen molar-refractivity contribution >= 4 is 22.1 Å². The molecule has 4 rings (SSSR count). The van der Waals surface area contributed by atoms with E-state index in [4.69, 9.17) is 9.47 Å². The zero-order valence-corrected chi connectivity index (χ0v) is 26.3. The molecule has 3 aromatic carbocycles. The number of carbonyl (C=O) groups excluding carboxylic acids is 2. The van der Waals surface area contributed by atoms with Crippen LogP contribution >= 0.6 is 0 Å². The smallest absolute Gasteiger partial charge is 0.435 e. The first-order valence-corrected chi connectivity index (χ1v) is 15.5. The summed E-state index contributed by atoms with van der Waals surface area (Å²) in [4.78, 5) is 28.3. The highest BCUT2D eigenvalue weighted by atomic mass is 32.2. The molecule has 0 radical (unpaired) electrons. The Morgan fingerprint density at radius 1 is 1.02 bits per heavy atom. The fourth-order valence-corrected chi connectivity index (χ4v) is 4.92. The SMILES string of the molecule is Cc1ccc(-c2cc(C(F)(F)F)nn2-c2ccc(S(=O)(=O)NC(=O)OCCCN(C)[N+]([O-])=NOCOC(=O)c3ccccc3)cc2)cc1. The number of esters is 1. The van der Waals surface area contributed by atoms with E-state index >= 15 is 0 Å². The number of halogens is 3. The van der Waals surface area contributed by atoms with Crippen molar-refractivity contribution in [2.45, 2.75) is 24.4 Å². The molecule has 0 fully saturated rings. The van der Waals surface area contributed by atoms with Gasteiger partial charge < -0.3 is 19.5 Å². The molecule has 0 saturated heterocycles. The molecule has 4 aromatic rings. The number of benzene rings is 3. The van der Waals surface area contributed by atoms with Gasteiger partial charge in [-0.3, -0.25) is 0 Å². The molecule has 0 unspecified atom stereocenters. The van der Waals surface area contributed by atoms with E-state index in [0.29, 0.717) is 5.56 Å². The lowest BCUT2D eigenvalue weighted by atomic mass is 10.1. The first-order chi connectivity index (χ1) is 22.7. The number of hydrogen-bond donors (Lipinski definition) is 1. The van der Waals surface area contributed by atoms with Crippen LogP contribution in [0.2, 0.25) is 0 Å². The number of aryl methyl sites for hydroxylation is 1. The number of hydrogen-bond acceptors (Lipinski definition) is 10. The van der Waals surface area contributed by atoms with Crippen LogP contribution in [0.4, 0.5) is 18.0 Å². The minimum Gasteiger partial charge on any atom is -0.569 e. The Hall–Kier alpha value is -5.65. The standard InChI is InChI=1S/C30H29F3N6O8S/c1-21-9-11-22(12-10-21)26-19-27(30(31,32)33)34-38(26)24-13-15-25(16-14-24)48(43,44)35-29(41)45-18-6-17-37(2)39(42)36-47-20-46-28(40)23-7-4-3-5-8-23/h3-5,7-16,19H,6,17-18,20H2,1-2H3,(H,35,41). The van der Waals surface area contributed by atoms with Crippen molar-refractivity contribution in [2.75, 3.05) is 27.0 Å². The Morgan fingerprint density at radius 2 is 1.69 bits per heavy atom. The minimum absolute atomic E-state index is 0.00964. The molecule has 0 bridgehead atoms. The monoisotopic (exact) mass is 690 g/mol. The third-order valence-electron chi connectivity index (χ3n) is 6.49. The van der Waals surface area contributed by atoms with E-state index in [0.717, 1.165) is 33.5 Å². The Labute approximate surface area is 272 Å². The van der Waals surface area contributed by atoms with Crippen molar-refractivity contribution in [2.24, 2.45) is 5.28 Å². The summed E-state index contributed by atoms with van der Waals surface area (Å²) in [6, 6.07) is 20.4. The number of aromatic nitrogens is 2. The summed E-state index contributed by atoms with van der Waals surface area (Å²) in [5, 5.41) is 19.9. The van der Waals surface area contributed by atoms with Crippen LogP contribution in [0.3, 0.4) is 0 Å². The molecule has 1 N–H and O–H groups in total. The van der Waals surface area contributed by atoms with Crippen LogP contribution in [0, 0.1) is 12.1 Å². The highest BCUT2D eigenvalue weighted by Gasteiger charge is 2.35. The summed E-state index contributed by atoms with van der Waals surface area (Å²) < 4.78 is 78.4. The van der Waals surface area contributed by atoms with Gasteiger partial charge in [0.2, 0.25) is 5.28 Å². The van der Waals surface area contributed by atoms with Gasteiger partial charge in [-0.05, 0) is 49.4 Å². The maximum Gasteiger partial charge on any atom is 0.435 e. The van der Waals surface area contributed by atoms with Crippen LogP contribution in [-0.2, 0) is 30.5 Å². The fourth-order valence-electron chi connectivity index (χ4n) is 4.03. The number of nitrogens with zero attached hydrogens (tertiary/aromatic N) is 5. The number of amides is 1. The van der Waals surface area contributed by atoms with Crippen LogP contribution in [0.5, 0.6) is 0 Å². The van der Waals surface area contributed by atoms with Crippen molar-refractivity contribution in [1.29, 1.82) is 0 Å². The summed E-state index contributed by atoms with van der Waals surface area (Å²) in [5.41, 5.74) is 0.805. The number of hydrazine groups is 1. The van der Waals surface area contributed by atoms with Gasteiger partial charge in [-0.2, -0.15) is 18.3 Å². The third kappa shape index (κ3) is 9.44. The lowest BCUT2D eigenvalue weighted by molar-refractivity contribution is -0.706. The molecule has 1 amide bonds. The number of ether oxygens (including phenoxy) is 2. The van der Waals surface area contributed by atoms with Crippen molar-refractivity contribution in [3.8, 4) is 16.9 Å². The quantitative estimate of drug-likeness (QED) is 0.0490. The second-order valence-electron chi connectivity index (χ2n) is 10.0. The lowest BCUT2D eigenvalue weighted by Crippen LogP contribution is -2.32. The fraction of sp³-hybridized carbons (Fsp3) is 0.233. The number of nitrogens with one attached hydrogen (secondary N) is 1. The number of rotatable bonds is 13. The molecule has 0 aliphatic rings. The number of sulfonamides is 1. The van der Waals surface area contributed by atoms with Crippen LogP contribution in [0.15, 0.2) is 95.1 Å². The molecular formula is C30H29F3N6O8S. The van der Waals surface area contributed by atoms with E-state index in [2.05, 4.69) is 15.2 Å². The summed E-state index contributed by atoms with van der Waals surface area (Å²) in [6.45, 7) is 0.946. The molecule has 14 nitrogen and oxygen atoms in total. The largest absolute Gasteiger partial charge is 0.569 e. The molecule has 1 aromatic heterocycles. The van der Waals surface area contributed by atoms with Gasteiger partial charge in [0.15, 0.2) is 5.69 Å². The predicted molar refractivity (Wildman–Crippen MR) is 162 cm³/mol. The van der Waals surface area contributed by atoms with Crippen molar-refractivity contribution in [3.63, 3.8) is 0 Å². The van der Waals surface area contributed by atoms with Gasteiger partial charge in [0.25, 0.3) is 16.8 Å². The van der Waals surface area contributed by atoms with E-state index in [1.54, 1.807) is 47.2 Å². The van der Waals surface area contributed by atoms with Crippen LogP contribution in [-0.4, -0.2) is 67.2 Å². The summed E-state index contributed by atoms with van der Waals surface area (Å²) >= 11 is 0. The van der Waals surface area contributed by atoms with Gasteiger partial charge >= 0.3 is 18.2 Å². The predicted octanol–water partition coefficient (Wildman–Crippen LogP) is 5.23. The molecule has 48 heavy (non-hydrogen) atoms. The van der Waals surface area contributed by atoms with Crippen LogP contribution in [0.25, 0.3) is 16.9 Å². The minimum atomic E-state index is -4.72. The maximum absolute atomic E-state index is 13.5. The van der Waals surface area contributed by atoms with Gasteiger partial charge in [0.05, 0.1) is 47.0 Å². The van der Waals surface area contributed by atoms with Crippen LogP contribution < -0.4 is 4.72 Å². The first kappa shape index (κ1) is 35.2. The van der Waals surface area contributed by atoms with Crippen molar-refractivity contribution in [3.05, 3.63) is 107 Å². The molecule has 0 spiro atoms. The van der Waals surface area contributed by atoms with Crippen molar-refractivity contribution in [1.82, 2.24) is 19.5 Å². The Balaban J connectivity index is 1.27. The molecular weight excluding hydrogens is 661 g/mol. The molecule has 0 aliphatic carbocycles. The average Bonchev–Trinajstić information content (AvgIpc) is 3.52. The van der Waals surface area contributed by atoms with Gasteiger partial charge in [0, 0.05) is 12.0 Å². The lowest BCUT2D eigenvalue weighted by Gasteiger charge is -2.13. The molecule has 0 atom stereocenters. The van der Waals surface area contributed by atoms with E-state index in [1.807, 2.05) is 6.92 Å². The Morgan fingerprint density at radius 3 is 2.33 bits per heavy atom. The second kappa shape index (κ2) is 15.3. The normalized spacial score (nSPS) is 11.9. The van der Waals surface area contributed by atoms with Gasteiger partial charge in [-0.25, -0.2) is 27.4 Å². The number of carbonyl (C=O) groups is 2. The van der Waals surface area contributed by atoms with Gasteiger partial charge in [-0.15, -0.1) is 5.01 Å². The van der Waals surface area contributed by atoms with E-state index in [-0.39, 0.29) is 46.4 Å². The molecule has 18 heteroatoms. The van der Waals surface area contributed by atoms with Crippen LogP contribution in [0.1, 0.15) is 28.0 Å². The highest BCUT2D eigenvalue weighted by molar-refractivity contribution is 7.90. The van der Waals surface area contributed by atoms with Gasteiger partial charge in [0.1, 0.15) is 0 Å². The molecule has 0 aliphatic heterocycles. The summed E-state index contributed by atoms with van der Waals surface area (Å²) in [5.74, 6) is -0.671. The van der Waals surface area contributed by atoms with E-state index in [9.17, 15) is 36.4 Å². The van der Waals surface area contributed by atoms with Crippen molar-refractivity contribution < 1.29 is 50.5 Å². The zero-order valence-electron chi connectivity index (χ0n) is 25.5. The zero-order chi connectivity index (χ0) is 34.9.